The summed E-state index contributed by atoms with van der Waals surface area (Å²) < 4.78 is 28.4. The summed E-state index contributed by atoms with van der Waals surface area (Å²) in [5.74, 6) is 0.538. The van der Waals surface area contributed by atoms with E-state index in [1.54, 1.807) is 17.7 Å². The lowest BCUT2D eigenvalue weighted by Crippen LogP contribution is -2.24. The van der Waals surface area contributed by atoms with Gasteiger partial charge in [-0.2, -0.15) is 0 Å². The molecule has 0 bridgehead atoms. The topological polar surface area (TPSA) is 97.1 Å². The Kier molecular flexibility index (Phi) is 4.30. The molecule has 19 heavy (non-hydrogen) atoms. The van der Waals surface area contributed by atoms with Gasteiger partial charge in [0.2, 0.25) is 10.0 Å². The normalized spacial score (nSPS) is 11.9. The Hall–Kier alpha value is -1.29. The molecule has 2 heterocycles. The first-order valence-electron chi connectivity index (χ1n) is 5.55. The first-order chi connectivity index (χ1) is 9.03. The van der Waals surface area contributed by atoms with Gasteiger partial charge in [0.25, 0.3) is 0 Å². The molecule has 0 radical (unpaired) electrons. The second kappa shape index (κ2) is 5.78. The maximum absolute atomic E-state index is 12.0. The molecule has 2 N–H and O–H groups in total. The Morgan fingerprint density at radius 2 is 2.26 bits per heavy atom. The highest BCUT2D eigenvalue weighted by molar-refractivity contribution is 7.91. The average Bonchev–Trinajstić information content (AvgIpc) is 2.97. The van der Waals surface area contributed by atoms with E-state index in [1.165, 1.54) is 12.4 Å². The fourth-order valence-electron chi connectivity index (χ4n) is 1.45. The van der Waals surface area contributed by atoms with E-state index >= 15 is 0 Å². The first kappa shape index (κ1) is 14.1. The standard InChI is InChI=1S/C10H14N4O3S2/c1-14-7-11-13-9(14)6-12-19(16,17)10-3-2-8(18-10)4-5-15/h2-3,7,12,15H,4-6H2,1H3. The number of rotatable bonds is 6. The van der Waals surface area contributed by atoms with Crippen LogP contribution < -0.4 is 4.72 Å². The number of aliphatic hydroxyl groups excluding tert-OH is 1. The van der Waals surface area contributed by atoms with Crippen molar-refractivity contribution in [2.75, 3.05) is 6.61 Å². The summed E-state index contributed by atoms with van der Waals surface area (Å²) in [6, 6.07) is 3.24. The lowest BCUT2D eigenvalue weighted by atomic mass is 10.4. The Morgan fingerprint density at radius 3 is 2.89 bits per heavy atom. The second-order valence-corrected chi connectivity index (χ2v) is 7.04. The van der Waals surface area contributed by atoms with Gasteiger partial charge in [-0.15, -0.1) is 21.5 Å². The zero-order chi connectivity index (χ0) is 13.9. The number of hydrogen-bond donors (Lipinski definition) is 2. The fraction of sp³-hybridized carbons (Fsp3) is 0.400. The molecule has 2 rings (SSSR count). The van der Waals surface area contributed by atoms with E-state index < -0.39 is 10.0 Å². The van der Waals surface area contributed by atoms with Crippen LogP contribution in [0.5, 0.6) is 0 Å². The van der Waals surface area contributed by atoms with Gasteiger partial charge in [0.1, 0.15) is 16.4 Å². The van der Waals surface area contributed by atoms with Crippen LogP contribution in [0.25, 0.3) is 0 Å². The smallest absolute Gasteiger partial charge is 0.250 e. The molecular formula is C10H14N4O3S2. The number of thiophene rings is 1. The summed E-state index contributed by atoms with van der Waals surface area (Å²) in [6.07, 6.45) is 1.97. The zero-order valence-corrected chi connectivity index (χ0v) is 11.9. The number of aromatic nitrogens is 3. The molecule has 0 aromatic carbocycles. The van der Waals surface area contributed by atoms with Gasteiger partial charge in [0.05, 0.1) is 6.54 Å². The molecule has 0 fully saturated rings. The highest BCUT2D eigenvalue weighted by Crippen LogP contribution is 2.21. The quantitative estimate of drug-likeness (QED) is 0.776. The third kappa shape index (κ3) is 3.38. The largest absolute Gasteiger partial charge is 0.396 e. The lowest BCUT2D eigenvalue weighted by molar-refractivity contribution is 0.300. The van der Waals surface area contributed by atoms with Crippen molar-refractivity contribution in [3.05, 3.63) is 29.2 Å². The molecule has 7 nitrogen and oxygen atoms in total. The van der Waals surface area contributed by atoms with Crippen LogP contribution in [0.1, 0.15) is 10.7 Å². The summed E-state index contributed by atoms with van der Waals surface area (Å²) in [7, 11) is -1.80. The van der Waals surface area contributed by atoms with E-state index in [9.17, 15) is 8.42 Å². The third-order valence-corrected chi connectivity index (χ3v) is 5.52. The summed E-state index contributed by atoms with van der Waals surface area (Å²) in [5.41, 5.74) is 0. The maximum Gasteiger partial charge on any atom is 0.250 e. The Balaban J connectivity index is 2.07. The van der Waals surface area contributed by atoms with Crippen molar-refractivity contribution in [1.82, 2.24) is 19.5 Å². The zero-order valence-electron chi connectivity index (χ0n) is 10.3. The van der Waals surface area contributed by atoms with Crippen molar-refractivity contribution in [3.63, 3.8) is 0 Å². The number of sulfonamides is 1. The van der Waals surface area contributed by atoms with E-state index in [2.05, 4.69) is 14.9 Å². The number of hydrogen-bond acceptors (Lipinski definition) is 6. The molecule has 2 aromatic rings. The van der Waals surface area contributed by atoms with Crippen LogP contribution >= 0.6 is 11.3 Å². The highest BCUT2D eigenvalue weighted by atomic mass is 32.2. The van der Waals surface area contributed by atoms with Crippen molar-refractivity contribution in [2.24, 2.45) is 7.05 Å². The third-order valence-electron chi connectivity index (χ3n) is 2.49. The molecule has 0 unspecified atom stereocenters. The number of aliphatic hydroxyl groups is 1. The Morgan fingerprint density at radius 1 is 1.47 bits per heavy atom. The molecule has 0 saturated carbocycles. The van der Waals surface area contributed by atoms with Crippen LogP contribution in [0.3, 0.4) is 0 Å². The van der Waals surface area contributed by atoms with E-state index in [-0.39, 0.29) is 17.4 Å². The van der Waals surface area contributed by atoms with Crippen LogP contribution in [0.15, 0.2) is 22.7 Å². The fourth-order valence-corrected chi connectivity index (χ4v) is 3.81. The summed E-state index contributed by atoms with van der Waals surface area (Å²) in [4.78, 5) is 0.835. The average molecular weight is 302 g/mol. The first-order valence-corrected chi connectivity index (χ1v) is 7.85. The Bertz CT molecular complexity index is 647. The summed E-state index contributed by atoms with van der Waals surface area (Å²) >= 11 is 1.15. The summed E-state index contributed by atoms with van der Waals surface area (Å²) in [6.45, 7) is 0.0957. The molecule has 0 aliphatic carbocycles. The molecule has 0 amide bonds. The number of aryl methyl sites for hydroxylation is 1. The minimum Gasteiger partial charge on any atom is -0.396 e. The monoisotopic (exact) mass is 302 g/mol. The predicted octanol–water partition coefficient (Wildman–Crippen LogP) is -0.110. The molecule has 0 atom stereocenters. The molecule has 9 heteroatoms. The van der Waals surface area contributed by atoms with Gasteiger partial charge in [-0.1, -0.05) is 0 Å². The van der Waals surface area contributed by atoms with Crippen molar-refractivity contribution in [1.29, 1.82) is 0 Å². The van der Waals surface area contributed by atoms with Crippen molar-refractivity contribution in [2.45, 2.75) is 17.2 Å². The van der Waals surface area contributed by atoms with Gasteiger partial charge in [0.15, 0.2) is 0 Å². The van der Waals surface area contributed by atoms with Crippen molar-refractivity contribution >= 4 is 21.4 Å². The van der Waals surface area contributed by atoms with E-state index in [1.807, 2.05) is 0 Å². The van der Waals surface area contributed by atoms with Crippen LogP contribution in [0.4, 0.5) is 0 Å². The molecular weight excluding hydrogens is 288 g/mol. The minimum absolute atomic E-state index is 0.00632. The van der Waals surface area contributed by atoms with Gasteiger partial charge in [0, 0.05) is 25.0 Å². The summed E-state index contributed by atoms with van der Waals surface area (Å²) in [5, 5.41) is 16.3. The van der Waals surface area contributed by atoms with Crippen molar-refractivity contribution in [3.8, 4) is 0 Å². The van der Waals surface area contributed by atoms with Gasteiger partial charge >= 0.3 is 0 Å². The van der Waals surface area contributed by atoms with Gasteiger partial charge < -0.3 is 9.67 Å². The maximum atomic E-state index is 12.0. The number of nitrogens with one attached hydrogen (secondary N) is 1. The van der Waals surface area contributed by atoms with E-state index in [0.29, 0.717) is 12.2 Å². The minimum atomic E-state index is -3.54. The van der Waals surface area contributed by atoms with Crippen LogP contribution in [0.2, 0.25) is 0 Å². The molecule has 2 aromatic heterocycles. The molecule has 104 valence electrons. The van der Waals surface area contributed by atoms with Crippen LogP contribution in [-0.4, -0.2) is 34.9 Å². The van der Waals surface area contributed by atoms with Crippen LogP contribution in [0, 0.1) is 0 Å². The van der Waals surface area contributed by atoms with Gasteiger partial charge in [-0.3, -0.25) is 0 Å². The highest BCUT2D eigenvalue weighted by Gasteiger charge is 2.17. The molecule has 0 saturated heterocycles. The SMILES string of the molecule is Cn1cnnc1CNS(=O)(=O)c1ccc(CCO)s1. The molecule has 0 aliphatic rings. The lowest BCUT2D eigenvalue weighted by Gasteiger charge is -2.03. The van der Waals surface area contributed by atoms with Crippen LogP contribution in [-0.2, 0) is 30.0 Å². The van der Waals surface area contributed by atoms with Gasteiger partial charge in [-0.05, 0) is 12.1 Å². The van der Waals surface area contributed by atoms with Gasteiger partial charge in [-0.25, -0.2) is 13.1 Å². The molecule has 0 aliphatic heterocycles. The predicted molar refractivity (Wildman–Crippen MR) is 70.1 cm³/mol. The van der Waals surface area contributed by atoms with E-state index in [4.69, 9.17) is 5.11 Å². The number of nitrogens with zero attached hydrogens (tertiary/aromatic N) is 3. The Labute approximate surface area is 115 Å². The molecule has 0 spiro atoms. The van der Waals surface area contributed by atoms with E-state index in [0.717, 1.165) is 16.2 Å². The van der Waals surface area contributed by atoms with Crippen molar-refractivity contribution < 1.29 is 13.5 Å². The second-order valence-electron chi connectivity index (χ2n) is 3.88.